The van der Waals surface area contributed by atoms with Crippen LogP contribution in [0.25, 0.3) is 6.08 Å². The first kappa shape index (κ1) is 14.5. The maximum atomic E-state index is 12.5. The molecule has 22 heavy (non-hydrogen) atoms. The zero-order chi connectivity index (χ0) is 15.7. The van der Waals surface area contributed by atoms with E-state index in [-0.39, 0.29) is 11.1 Å². The van der Waals surface area contributed by atoms with E-state index in [9.17, 15) is 9.59 Å². The lowest BCUT2D eigenvalue weighted by atomic mass is 10.2. The topological polar surface area (TPSA) is 59.8 Å². The summed E-state index contributed by atoms with van der Waals surface area (Å²) in [6, 6.07) is 10.5. The number of carbonyl (C=O) groups is 2. The Balaban J connectivity index is 1.97. The van der Waals surface area contributed by atoms with Gasteiger partial charge in [-0.05, 0) is 43.0 Å². The molecule has 6 heteroatoms. The molecule has 2 heterocycles. The van der Waals surface area contributed by atoms with Gasteiger partial charge in [-0.15, -0.1) is 0 Å². The Bertz CT molecular complexity index is 778. The van der Waals surface area contributed by atoms with Crippen LogP contribution in [0.2, 0.25) is 0 Å². The number of carbonyl (C=O) groups excluding carboxylic acids is 2. The average Bonchev–Trinajstić information content (AvgIpc) is 3.03. The fourth-order valence-corrected chi connectivity index (χ4v) is 2.96. The number of rotatable bonds is 3. The van der Waals surface area contributed by atoms with Gasteiger partial charge >= 0.3 is 0 Å². The molecule has 3 rings (SSSR count). The molecule has 0 radical (unpaired) electrons. The van der Waals surface area contributed by atoms with Gasteiger partial charge in [-0.2, -0.15) is 0 Å². The molecular weight excluding hydrogens is 302 g/mol. The smallest absolute Gasteiger partial charge is 0.298 e. The molecule has 0 spiro atoms. The molecule has 0 atom stereocenters. The first-order valence-corrected chi connectivity index (χ1v) is 7.39. The van der Waals surface area contributed by atoms with Crippen LogP contribution < -0.4 is 9.64 Å². The summed E-state index contributed by atoms with van der Waals surface area (Å²) >= 11 is 0.883. The normalized spacial score (nSPS) is 16.6. The second-order valence-electron chi connectivity index (χ2n) is 4.64. The maximum absolute atomic E-state index is 12.5. The first-order chi connectivity index (χ1) is 10.6. The van der Waals surface area contributed by atoms with Gasteiger partial charge in [-0.25, -0.2) is 4.90 Å². The van der Waals surface area contributed by atoms with Crippen molar-refractivity contribution in [3.8, 4) is 5.75 Å². The van der Waals surface area contributed by atoms with E-state index in [0.29, 0.717) is 22.1 Å². The minimum atomic E-state index is -0.381. The largest absolute Gasteiger partial charge is 0.495 e. The van der Waals surface area contributed by atoms with Crippen LogP contribution in [0.4, 0.5) is 10.5 Å². The summed E-state index contributed by atoms with van der Waals surface area (Å²) in [5.74, 6) is 1.38. The maximum Gasteiger partial charge on any atom is 0.298 e. The standard InChI is InChI=1S/C16H13NO4S/c1-10-7-8-11(21-10)9-14-15(18)17(16(19)22-14)12-5-3-4-6-13(12)20-2/h3-9H,1-2H3/b14-9+. The van der Waals surface area contributed by atoms with Gasteiger partial charge in [0.05, 0.1) is 17.7 Å². The van der Waals surface area contributed by atoms with Crippen molar-refractivity contribution in [1.29, 1.82) is 0 Å². The number of ether oxygens (including phenoxy) is 1. The number of amides is 2. The van der Waals surface area contributed by atoms with Gasteiger partial charge in [-0.1, -0.05) is 12.1 Å². The molecule has 1 aromatic heterocycles. The molecule has 0 unspecified atom stereocenters. The zero-order valence-corrected chi connectivity index (χ0v) is 12.8. The Morgan fingerprint density at radius 1 is 1.18 bits per heavy atom. The highest BCUT2D eigenvalue weighted by Crippen LogP contribution is 2.39. The van der Waals surface area contributed by atoms with Gasteiger partial charge < -0.3 is 9.15 Å². The predicted octanol–water partition coefficient (Wildman–Crippen LogP) is 3.84. The van der Waals surface area contributed by atoms with Crippen LogP contribution in [0.3, 0.4) is 0 Å². The number of furan rings is 1. The second-order valence-corrected chi connectivity index (χ2v) is 5.63. The number of hydrogen-bond acceptors (Lipinski definition) is 5. The number of thioether (sulfide) groups is 1. The third-order valence-corrected chi connectivity index (χ3v) is 4.02. The van der Waals surface area contributed by atoms with Crippen molar-refractivity contribution in [2.24, 2.45) is 0 Å². The van der Waals surface area contributed by atoms with Crippen LogP contribution in [-0.4, -0.2) is 18.3 Å². The van der Waals surface area contributed by atoms with Gasteiger partial charge in [0, 0.05) is 6.08 Å². The molecule has 0 saturated carbocycles. The van der Waals surface area contributed by atoms with E-state index in [1.807, 2.05) is 6.92 Å². The molecule has 112 valence electrons. The van der Waals surface area contributed by atoms with Crippen LogP contribution in [-0.2, 0) is 4.79 Å². The van der Waals surface area contributed by atoms with E-state index in [2.05, 4.69) is 0 Å². The number of aryl methyl sites for hydroxylation is 1. The lowest BCUT2D eigenvalue weighted by Crippen LogP contribution is -2.28. The molecule has 1 aliphatic rings. The van der Waals surface area contributed by atoms with Crippen molar-refractivity contribution in [2.75, 3.05) is 12.0 Å². The van der Waals surface area contributed by atoms with Crippen molar-refractivity contribution in [3.63, 3.8) is 0 Å². The van der Waals surface area contributed by atoms with Gasteiger partial charge in [0.1, 0.15) is 17.3 Å². The van der Waals surface area contributed by atoms with Crippen LogP contribution in [0.5, 0.6) is 5.75 Å². The van der Waals surface area contributed by atoms with Crippen molar-refractivity contribution >= 4 is 34.7 Å². The fraction of sp³-hybridized carbons (Fsp3) is 0.125. The third kappa shape index (κ3) is 2.53. The highest BCUT2D eigenvalue weighted by molar-refractivity contribution is 8.19. The molecular formula is C16H13NO4S. The molecule has 0 N–H and O–H groups in total. The number of nitrogens with zero attached hydrogens (tertiary/aromatic N) is 1. The van der Waals surface area contributed by atoms with Gasteiger partial charge in [0.25, 0.3) is 11.1 Å². The lowest BCUT2D eigenvalue weighted by molar-refractivity contribution is -0.113. The minimum absolute atomic E-state index is 0.324. The van der Waals surface area contributed by atoms with E-state index >= 15 is 0 Å². The number of hydrogen-bond donors (Lipinski definition) is 0. The van der Waals surface area contributed by atoms with Gasteiger partial charge in [-0.3, -0.25) is 9.59 Å². The minimum Gasteiger partial charge on any atom is -0.495 e. The van der Waals surface area contributed by atoms with E-state index < -0.39 is 0 Å². The number of anilines is 1. The summed E-state index contributed by atoms with van der Waals surface area (Å²) in [5, 5.41) is -0.357. The quantitative estimate of drug-likeness (QED) is 0.805. The predicted molar refractivity (Wildman–Crippen MR) is 84.9 cm³/mol. The van der Waals surface area contributed by atoms with E-state index in [1.165, 1.54) is 7.11 Å². The molecule has 1 fully saturated rings. The molecule has 2 amide bonds. The van der Waals surface area contributed by atoms with E-state index in [0.717, 1.165) is 22.4 Å². The lowest BCUT2D eigenvalue weighted by Gasteiger charge is -2.15. The van der Waals surface area contributed by atoms with Crippen molar-refractivity contribution in [3.05, 3.63) is 52.8 Å². The molecule has 1 aromatic carbocycles. The third-order valence-electron chi connectivity index (χ3n) is 3.15. The van der Waals surface area contributed by atoms with Gasteiger partial charge in [0.2, 0.25) is 0 Å². The van der Waals surface area contributed by atoms with Crippen LogP contribution in [0.15, 0.2) is 45.7 Å². The summed E-state index contributed by atoms with van der Waals surface area (Å²) in [6.45, 7) is 1.82. The Morgan fingerprint density at radius 2 is 1.95 bits per heavy atom. The van der Waals surface area contributed by atoms with E-state index in [4.69, 9.17) is 9.15 Å². The zero-order valence-electron chi connectivity index (χ0n) is 12.0. The summed E-state index contributed by atoms with van der Waals surface area (Å²) < 4.78 is 10.6. The summed E-state index contributed by atoms with van der Waals surface area (Å²) in [6.07, 6.45) is 1.58. The highest BCUT2D eigenvalue weighted by Gasteiger charge is 2.37. The average molecular weight is 315 g/mol. The van der Waals surface area contributed by atoms with Crippen LogP contribution >= 0.6 is 11.8 Å². The SMILES string of the molecule is COc1ccccc1N1C(=O)S/C(=C/c2ccc(C)o2)C1=O. The van der Waals surface area contributed by atoms with Crippen molar-refractivity contribution < 1.29 is 18.7 Å². The van der Waals surface area contributed by atoms with Crippen LogP contribution in [0, 0.1) is 6.92 Å². The Hall–Kier alpha value is -2.47. The highest BCUT2D eigenvalue weighted by atomic mass is 32.2. The second kappa shape index (κ2) is 5.73. The molecule has 1 aliphatic heterocycles. The number of para-hydroxylation sites is 2. The Kier molecular flexibility index (Phi) is 3.77. The van der Waals surface area contributed by atoms with Gasteiger partial charge in [0.15, 0.2) is 0 Å². The molecule has 1 saturated heterocycles. The number of methoxy groups -OCH3 is 1. The van der Waals surface area contributed by atoms with Crippen LogP contribution in [0.1, 0.15) is 11.5 Å². The number of imide groups is 1. The molecule has 0 bridgehead atoms. The fourth-order valence-electron chi connectivity index (χ4n) is 2.15. The van der Waals surface area contributed by atoms with Crippen molar-refractivity contribution in [2.45, 2.75) is 6.92 Å². The summed E-state index contributed by atoms with van der Waals surface area (Å²) in [5.41, 5.74) is 0.437. The summed E-state index contributed by atoms with van der Waals surface area (Å²) in [4.78, 5) is 26.2. The first-order valence-electron chi connectivity index (χ1n) is 6.57. The van der Waals surface area contributed by atoms with E-state index in [1.54, 1.807) is 42.5 Å². The monoisotopic (exact) mass is 315 g/mol. The Morgan fingerprint density at radius 3 is 2.64 bits per heavy atom. The molecule has 2 aromatic rings. The number of benzene rings is 1. The molecule has 0 aliphatic carbocycles. The Labute approximate surface area is 131 Å². The summed E-state index contributed by atoms with van der Waals surface area (Å²) in [7, 11) is 1.50. The van der Waals surface area contributed by atoms with Crippen molar-refractivity contribution in [1.82, 2.24) is 0 Å². The molecule has 5 nitrogen and oxygen atoms in total.